The van der Waals surface area contributed by atoms with Crippen molar-refractivity contribution in [1.29, 1.82) is 0 Å². The van der Waals surface area contributed by atoms with Gasteiger partial charge in [0.25, 0.3) is 0 Å². The lowest BCUT2D eigenvalue weighted by Gasteiger charge is -2.39. The Morgan fingerprint density at radius 3 is 2.82 bits per heavy atom. The van der Waals surface area contributed by atoms with Crippen LogP contribution in [0.15, 0.2) is 18.2 Å². The molecule has 1 aliphatic rings. The molecule has 0 atom stereocenters. The number of halogens is 1. The molecule has 1 aliphatic heterocycles. The maximum absolute atomic E-state index is 11.9. The number of ether oxygens (including phenoxy) is 1. The predicted molar refractivity (Wildman–Crippen MR) is 83.8 cm³/mol. The van der Waals surface area contributed by atoms with Crippen molar-refractivity contribution in [3.63, 3.8) is 0 Å². The van der Waals surface area contributed by atoms with Gasteiger partial charge in [-0.3, -0.25) is 0 Å². The van der Waals surface area contributed by atoms with Crippen LogP contribution in [-0.4, -0.2) is 44.7 Å². The van der Waals surface area contributed by atoms with Gasteiger partial charge in [0.05, 0.1) is 5.52 Å². The number of carbonyl (C=O) groups is 1. The number of nitrogens with zero attached hydrogens (tertiary/aromatic N) is 4. The molecule has 0 spiro atoms. The van der Waals surface area contributed by atoms with E-state index in [9.17, 15) is 4.79 Å². The Labute approximate surface area is 134 Å². The minimum atomic E-state index is -0.457. The second-order valence-corrected chi connectivity index (χ2v) is 7.09. The summed E-state index contributed by atoms with van der Waals surface area (Å²) in [6.07, 6.45) is -0.254. The van der Waals surface area contributed by atoms with Crippen molar-refractivity contribution in [2.24, 2.45) is 5.92 Å². The minimum Gasteiger partial charge on any atom is -0.444 e. The summed E-state index contributed by atoms with van der Waals surface area (Å²) in [4.78, 5) is 13.6. The topological polar surface area (TPSA) is 60.2 Å². The molecule has 2 aromatic rings. The third-order valence-corrected chi connectivity index (χ3v) is 3.75. The lowest BCUT2D eigenvalue weighted by Crippen LogP contribution is -2.52. The fourth-order valence-electron chi connectivity index (χ4n) is 2.48. The molecule has 1 fully saturated rings. The van der Waals surface area contributed by atoms with Crippen molar-refractivity contribution in [3.05, 3.63) is 23.2 Å². The zero-order chi connectivity index (χ0) is 15.9. The highest BCUT2D eigenvalue weighted by Gasteiger charge is 2.34. The summed E-state index contributed by atoms with van der Waals surface area (Å²) >= 11 is 6.02. The normalized spacial score (nSPS) is 15.9. The van der Waals surface area contributed by atoms with E-state index in [1.807, 2.05) is 37.6 Å². The molecule has 2 heterocycles. The van der Waals surface area contributed by atoms with Crippen molar-refractivity contribution < 1.29 is 9.53 Å². The first-order chi connectivity index (χ1) is 10.3. The molecule has 0 N–H and O–H groups in total. The lowest BCUT2D eigenvalue weighted by atomic mass is 10.0. The maximum Gasteiger partial charge on any atom is 0.410 e. The third-order valence-electron chi connectivity index (χ3n) is 3.52. The first kappa shape index (κ1) is 15.1. The summed E-state index contributed by atoms with van der Waals surface area (Å²) in [6.45, 7) is 7.68. The number of carbonyl (C=O) groups excluding carboxylic acids is 1. The van der Waals surface area contributed by atoms with Gasteiger partial charge in [0, 0.05) is 30.6 Å². The highest BCUT2D eigenvalue weighted by Crippen LogP contribution is 2.23. The van der Waals surface area contributed by atoms with Crippen molar-refractivity contribution in [1.82, 2.24) is 19.9 Å². The van der Waals surface area contributed by atoms with Crippen LogP contribution in [0.4, 0.5) is 4.79 Å². The molecule has 1 saturated heterocycles. The Balaban J connectivity index is 1.60. The first-order valence-corrected chi connectivity index (χ1v) is 7.66. The number of aromatic nitrogens is 3. The van der Waals surface area contributed by atoms with Crippen LogP contribution in [0, 0.1) is 5.92 Å². The van der Waals surface area contributed by atoms with Crippen molar-refractivity contribution in [2.45, 2.75) is 32.9 Å². The van der Waals surface area contributed by atoms with Gasteiger partial charge in [-0.2, -0.15) is 0 Å². The van der Waals surface area contributed by atoms with Gasteiger partial charge in [0.1, 0.15) is 11.1 Å². The van der Waals surface area contributed by atoms with Crippen molar-refractivity contribution >= 4 is 28.7 Å². The van der Waals surface area contributed by atoms with Crippen LogP contribution in [0.25, 0.3) is 11.0 Å². The van der Waals surface area contributed by atoms with E-state index < -0.39 is 5.60 Å². The van der Waals surface area contributed by atoms with Gasteiger partial charge < -0.3 is 9.64 Å². The number of amides is 1. The summed E-state index contributed by atoms with van der Waals surface area (Å²) in [5, 5.41) is 8.95. The SMILES string of the molecule is CC(C)(C)OC(=O)N1CC(Cn2nnc3ccc(Cl)cc32)C1. The summed E-state index contributed by atoms with van der Waals surface area (Å²) in [7, 11) is 0. The molecule has 1 amide bonds. The molecule has 0 aliphatic carbocycles. The zero-order valence-electron chi connectivity index (χ0n) is 12.9. The second kappa shape index (κ2) is 5.43. The van der Waals surface area contributed by atoms with E-state index in [1.54, 1.807) is 11.0 Å². The Bertz CT molecular complexity index is 701. The zero-order valence-corrected chi connectivity index (χ0v) is 13.7. The average molecular weight is 323 g/mol. The van der Waals surface area contributed by atoms with Gasteiger partial charge in [0.2, 0.25) is 0 Å². The lowest BCUT2D eigenvalue weighted by molar-refractivity contribution is -0.00371. The molecule has 0 radical (unpaired) electrons. The summed E-state index contributed by atoms with van der Waals surface area (Å²) < 4.78 is 7.19. The number of fused-ring (bicyclic) bond motifs is 1. The fraction of sp³-hybridized carbons (Fsp3) is 0.533. The van der Waals surface area contributed by atoms with Crippen LogP contribution in [0.5, 0.6) is 0 Å². The Kier molecular flexibility index (Phi) is 3.72. The van der Waals surface area contributed by atoms with E-state index in [0.717, 1.165) is 17.6 Å². The van der Waals surface area contributed by atoms with E-state index in [1.165, 1.54) is 0 Å². The number of likely N-dealkylation sites (tertiary alicyclic amines) is 1. The number of hydrogen-bond acceptors (Lipinski definition) is 4. The fourth-order valence-corrected chi connectivity index (χ4v) is 2.64. The summed E-state index contributed by atoms with van der Waals surface area (Å²) in [5.41, 5.74) is 1.29. The highest BCUT2D eigenvalue weighted by molar-refractivity contribution is 6.31. The molecular formula is C15H19ClN4O2. The molecule has 6 nitrogen and oxygen atoms in total. The standard InChI is InChI=1S/C15H19ClN4O2/c1-15(2,3)22-14(21)19-7-10(8-19)9-20-13-6-11(16)4-5-12(13)17-18-20/h4-6,10H,7-9H2,1-3H3. The molecule has 0 bridgehead atoms. The smallest absolute Gasteiger partial charge is 0.410 e. The summed E-state index contributed by atoms with van der Waals surface area (Å²) in [6, 6.07) is 5.52. The molecular weight excluding hydrogens is 304 g/mol. The van der Waals surface area contributed by atoms with Crippen LogP contribution >= 0.6 is 11.6 Å². The van der Waals surface area contributed by atoms with E-state index in [2.05, 4.69) is 10.3 Å². The van der Waals surface area contributed by atoms with E-state index in [0.29, 0.717) is 24.0 Å². The monoisotopic (exact) mass is 322 g/mol. The number of benzene rings is 1. The van der Waals surface area contributed by atoms with Crippen LogP contribution < -0.4 is 0 Å². The van der Waals surface area contributed by atoms with Crippen LogP contribution in [-0.2, 0) is 11.3 Å². The van der Waals surface area contributed by atoms with Crippen LogP contribution in [0.3, 0.4) is 0 Å². The quantitative estimate of drug-likeness (QED) is 0.853. The largest absolute Gasteiger partial charge is 0.444 e. The van der Waals surface area contributed by atoms with E-state index in [4.69, 9.17) is 16.3 Å². The number of hydrogen-bond donors (Lipinski definition) is 0. The second-order valence-electron chi connectivity index (χ2n) is 6.66. The van der Waals surface area contributed by atoms with Crippen molar-refractivity contribution in [2.75, 3.05) is 13.1 Å². The predicted octanol–water partition coefficient (Wildman–Crippen LogP) is 2.95. The molecule has 0 saturated carbocycles. The Morgan fingerprint density at radius 1 is 1.41 bits per heavy atom. The average Bonchev–Trinajstić information content (AvgIpc) is 2.73. The van der Waals surface area contributed by atoms with E-state index >= 15 is 0 Å². The van der Waals surface area contributed by atoms with Crippen LogP contribution in [0.1, 0.15) is 20.8 Å². The molecule has 118 valence electrons. The minimum absolute atomic E-state index is 0.254. The number of rotatable bonds is 2. The van der Waals surface area contributed by atoms with Gasteiger partial charge in [-0.15, -0.1) is 5.10 Å². The molecule has 22 heavy (non-hydrogen) atoms. The highest BCUT2D eigenvalue weighted by atomic mass is 35.5. The van der Waals surface area contributed by atoms with E-state index in [-0.39, 0.29) is 6.09 Å². The third kappa shape index (κ3) is 3.16. The molecule has 7 heteroatoms. The summed E-state index contributed by atoms with van der Waals surface area (Å²) in [5.74, 6) is 0.358. The maximum atomic E-state index is 11.9. The molecule has 1 aromatic carbocycles. The van der Waals surface area contributed by atoms with Crippen LogP contribution in [0.2, 0.25) is 5.02 Å². The van der Waals surface area contributed by atoms with Gasteiger partial charge in [-0.05, 0) is 39.0 Å². The Morgan fingerprint density at radius 2 is 2.14 bits per heavy atom. The van der Waals surface area contributed by atoms with Gasteiger partial charge in [0.15, 0.2) is 0 Å². The molecule has 3 rings (SSSR count). The van der Waals surface area contributed by atoms with Gasteiger partial charge >= 0.3 is 6.09 Å². The van der Waals surface area contributed by atoms with Crippen molar-refractivity contribution in [3.8, 4) is 0 Å². The molecule has 0 unspecified atom stereocenters. The Hall–Kier alpha value is -1.82. The molecule has 1 aromatic heterocycles. The van der Waals surface area contributed by atoms with Gasteiger partial charge in [-0.25, -0.2) is 9.48 Å². The first-order valence-electron chi connectivity index (χ1n) is 7.28. The van der Waals surface area contributed by atoms with Gasteiger partial charge in [-0.1, -0.05) is 16.8 Å².